The number of nitrogens with one attached hydrogen (secondary N) is 2. The van der Waals surface area contributed by atoms with E-state index in [1.54, 1.807) is 30.3 Å². The molecule has 0 unspecified atom stereocenters. The average molecular weight is 611 g/mol. The lowest BCUT2D eigenvalue weighted by Gasteiger charge is -2.26. The van der Waals surface area contributed by atoms with Crippen LogP contribution < -0.4 is 15.8 Å². The summed E-state index contributed by atoms with van der Waals surface area (Å²) in [4.78, 5) is 29.2. The van der Waals surface area contributed by atoms with E-state index >= 15 is 0 Å². The number of rotatable bonds is 12. The maximum absolute atomic E-state index is 13.8. The maximum Gasteiger partial charge on any atom is 0.274 e. The van der Waals surface area contributed by atoms with Crippen LogP contribution in [0.1, 0.15) is 60.4 Å². The van der Waals surface area contributed by atoms with Crippen LogP contribution in [0.2, 0.25) is 5.02 Å². The van der Waals surface area contributed by atoms with Crippen LogP contribution in [0.4, 0.5) is 5.69 Å². The Hall–Kier alpha value is -3.24. The van der Waals surface area contributed by atoms with E-state index < -0.39 is 15.7 Å². The molecule has 0 aliphatic carbocycles. The topological polar surface area (TPSA) is 98.8 Å². The normalized spacial score (nSPS) is 14.2. The van der Waals surface area contributed by atoms with Crippen molar-refractivity contribution in [2.75, 3.05) is 31.2 Å². The third kappa shape index (κ3) is 7.58. The highest BCUT2D eigenvalue weighted by Crippen LogP contribution is 2.36. The van der Waals surface area contributed by atoms with Gasteiger partial charge in [0.05, 0.1) is 21.0 Å². The summed E-state index contributed by atoms with van der Waals surface area (Å²) >= 11 is 6.14. The van der Waals surface area contributed by atoms with Crippen molar-refractivity contribution in [1.82, 2.24) is 15.6 Å². The Kier molecular flexibility index (Phi) is 10.4. The number of hydrogen-bond donors (Lipinski definition) is 2. The Morgan fingerprint density at radius 2 is 1.64 bits per heavy atom. The number of halogens is 1. The van der Waals surface area contributed by atoms with Crippen molar-refractivity contribution in [1.29, 1.82) is 0 Å². The van der Waals surface area contributed by atoms with Crippen LogP contribution in [-0.2, 0) is 16.4 Å². The summed E-state index contributed by atoms with van der Waals surface area (Å²) in [7, 11) is -4.05. The van der Waals surface area contributed by atoms with Gasteiger partial charge in [-0.15, -0.1) is 0 Å². The number of carbonyl (C=O) groups is 2. The molecule has 0 radical (unpaired) electrons. The van der Waals surface area contributed by atoms with E-state index in [1.807, 2.05) is 6.07 Å². The van der Waals surface area contributed by atoms with Crippen LogP contribution in [0.5, 0.6) is 0 Å². The molecule has 0 saturated heterocycles. The molecule has 0 atom stereocenters. The fourth-order valence-electron chi connectivity index (χ4n) is 5.16. The van der Waals surface area contributed by atoms with Gasteiger partial charge in [-0.1, -0.05) is 63.6 Å². The van der Waals surface area contributed by atoms with Crippen LogP contribution >= 0.6 is 11.6 Å². The van der Waals surface area contributed by atoms with Gasteiger partial charge >= 0.3 is 0 Å². The third-order valence-electron chi connectivity index (χ3n) is 6.88. The zero-order chi connectivity index (χ0) is 30.4. The molecule has 0 fully saturated rings. The second-order valence-corrected chi connectivity index (χ2v) is 13.8. The minimum Gasteiger partial charge on any atom is -0.352 e. The van der Waals surface area contributed by atoms with Crippen LogP contribution in [-0.4, -0.2) is 51.3 Å². The minimum absolute atomic E-state index is 0.0469. The second kappa shape index (κ2) is 13.8. The van der Waals surface area contributed by atoms with Crippen LogP contribution in [0.15, 0.2) is 76.5 Å². The Labute approximate surface area is 253 Å². The van der Waals surface area contributed by atoms with E-state index in [9.17, 15) is 18.0 Å². The van der Waals surface area contributed by atoms with Crippen molar-refractivity contribution >= 4 is 38.9 Å². The van der Waals surface area contributed by atoms with Crippen molar-refractivity contribution in [2.24, 2.45) is 11.8 Å². The Balaban J connectivity index is 1.58. The lowest BCUT2D eigenvalue weighted by molar-refractivity contribution is 0.0945. The molecule has 0 saturated carbocycles. The highest BCUT2D eigenvalue weighted by molar-refractivity contribution is 7.91. The van der Waals surface area contributed by atoms with Crippen LogP contribution in [0.3, 0.4) is 0 Å². The smallest absolute Gasteiger partial charge is 0.274 e. The first-order chi connectivity index (χ1) is 20.0. The van der Waals surface area contributed by atoms with Crippen molar-refractivity contribution in [3.8, 4) is 0 Å². The number of anilines is 1. The van der Waals surface area contributed by atoms with E-state index in [1.165, 1.54) is 35.3 Å². The van der Waals surface area contributed by atoms with Gasteiger partial charge < -0.3 is 10.2 Å². The number of hydrogen-bond acceptors (Lipinski definition) is 6. The van der Waals surface area contributed by atoms with Gasteiger partial charge in [-0.25, -0.2) is 18.9 Å². The van der Waals surface area contributed by atoms with Gasteiger partial charge in [0.1, 0.15) is 0 Å². The number of amides is 2. The molecule has 0 spiro atoms. The van der Waals surface area contributed by atoms with E-state index in [0.717, 1.165) is 31.6 Å². The minimum atomic E-state index is -4.05. The van der Waals surface area contributed by atoms with Gasteiger partial charge in [0, 0.05) is 36.8 Å². The standard InChI is InChI=1S/C32H39ClN4O4S/c1-22(2)20-36(21-23(3)4)16-8-15-34-31(38)25-13-14-30-28(18-25)37(35-19-24-9-7-10-26(33)17-24)32(39)27-11-5-6-12-29(27)42(30,40)41/h5-7,9-14,17-18,22-23,35H,8,15-16,19-21H2,1-4H3,(H,34,38). The van der Waals surface area contributed by atoms with Gasteiger partial charge in [-0.05, 0) is 72.8 Å². The van der Waals surface area contributed by atoms with Crippen LogP contribution in [0.25, 0.3) is 0 Å². The summed E-state index contributed by atoms with van der Waals surface area (Å²) in [6.45, 7) is 12.3. The molecule has 2 amide bonds. The third-order valence-corrected chi connectivity index (χ3v) is 8.97. The molecule has 2 N–H and O–H groups in total. The fraction of sp³-hybridized carbons (Fsp3) is 0.375. The Morgan fingerprint density at radius 3 is 2.33 bits per heavy atom. The molecule has 1 heterocycles. The predicted octanol–water partition coefficient (Wildman–Crippen LogP) is 5.57. The number of fused-ring (bicyclic) bond motifs is 2. The monoisotopic (exact) mass is 610 g/mol. The van der Waals surface area contributed by atoms with Gasteiger partial charge in [0.2, 0.25) is 9.84 Å². The van der Waals surface area contributed by atoms with Gasteiger partial charge in [0.15, 0.2) is 0 Å². The Morgan fingerprint density at radius 1 is 0.929 bits per heavy atom. The summed E-state index contributed by atoms with van der Waals surface area (Å²) in [6.07, 6.45) is 0.783. The summed E-state index contributed by atoms with van der Waals surface area (Å²) in [5.74, 6) is 0.235. The molecule has 1 aliphatic heterocycles. The van der Waals surface area contributed by atoms with E-state index in [0.29, 0.717) is 23.4 Å². The number of sulfone groups is 1. The summed E-state index contributed by atoms with van der Waals surface area (Å²) in [6, 6.07) is 17.6. The zero-order valence-electron chi connectivity index (χ0n) is 24.6. The van der Waals surface area contributed by atoms with E-state index in [4.69, 9.17) is 11.6 Å². The molecule has 0 aromatic heterocycles. The van der Waals surface area contributed by atoms with E-state index in [-0.39, 0.29) is 39.1 Å². The average Bonchev–Trinajstić information content (AvgIpc) is 3.00. The number of carbonyl (C=O) groups excluding carboxylic acids is 2. The first kappa shape index (κ1) is 31.7. The SMILES string of the molecule is CC(C)CN(CCCNC(=O)c1ccc2c(c1)N(NCc1cccc(Cl)c1)C(=O)c1ccccc1S2(=O)=O)CC(C)C. The lowest BCUT2D eigenvalue weighted by Crippen LogP contribution is -2.43. The molecule has 3 aromatic carbocycles. The molecular formula is C32H39ClN4O4S. The molecule has 0 bridgehead atoms. The van der Waals surface area contributed by atoms with E-state index in [2.05, 4.69) is 43.3 Å². The molecule has 3 aromatic rings. The highest BCUT2D eigenvalue weighted by Gasteiger charge is 2.36. The largest absolute Gasteiger partial charge is 0.352 e. The zero-order valence-corrected chi connectivity index (χ0v) is 26.1. The van der Waals surface area contributed by atoms with Crippen molar-refractivity contribution in [3.05, 3.63) is 88.4 Å². The van der Waals surface area contributed by atoms with Gasteiger partial charge in [-0.2, -0.15) is 0 Å². The number of hydrazine groups is 1. The van der Waals surface area contributed by atoms with Crippen molar-refractivity contribution in [3.63, 3.8) is 0 Å². The molecule has 1 aliphatic rings. The first-order valence-electron chi connectivity index (χ1n) is 14.3. The fourth-order valence-corrected chi connectivity index (χ4v) is 6.98. The van der Waals surface area contributed by atoms with Gasteiger partial charge in [-0.3, -0.25) is 9.59 Å². The van der Waals surface area contributed by atoms with Gasteiger partial charge in [0.25, 0.3) is 11.8 Å². The molecule has 10 heteroatoms. The molecule has 42 heavy (non-hydrogen) atoms. The van der Waals surface area contributed by atoms with Crippen LogP contribution in [0, 0.1) is 11.8 Å². The molecule has 224 valence electrons. The lowest BCUT2D eigenvalue weighted by atomic mass is 10.1. The molecule has 8 nitrogen and oxygen atoms in total. The predicted molar refractivity (Wildman–Crippen MR) is 167 cm³/mol. The summed E-state index contributed by atoms with van der Waals surface area (Å²) < 4.78 is 27.4. The molecular weight excluding hydrogens is 572 g/mol. The second-order valence-electron chi connectivity index (χ2n) is 11.4. The van der Waals surface area contributed by atoms with Crippen molar-refractivity contribution < 1.29 is 18.0 Å². The number of nitrogens with zero attached hydrogens (tertiary/aromatic N) is 2. The summed E-state index contributed by atoms with van der Waals surface area (Å²) in [5, 5.41) is 4.71. The first-order valence-corrected chi connectivity index (χ1v) is 16.1. The Bertz CT molecular complexity index is 1530. The number of benzene rings is 3. The quantitative estimate of drug-likeness (QED) is 0.260. The maximum atomic E-state index is 13.8. The summed E-state index contributed by atoms with van der Waals surface area (Å²) in [5.41, 5.74) is 4.27. The highest BCUT2D eigenvalue weighted by atomic mass is 35.5. The van der Waals surface area contributed by atoms with Crippen molar-refractivity contribution in [2.45, 2.75) is 50.5 Å². The molecule has 4 rings (SSSR count).